The summed E-state index contributed by atoms with van der Waals surface area (Å²) in [5.41, 5.74) is 35.1. The van der Waals surface area contributed by atoms with Crippen molar-refractivity contribution >= 4 is 43.6 Å². The molecule has 0 atom stereocenters. The van der Waals surface area contributed by atoms with E-state index >= 15 is 0 Å². The number of fused-ring (bicyclic) bond motifs is 6. The molecule has 15 aromatic rings. The SMILES string of the molecule is Cc1cc(C)cc(-c2ccc3c(c2)c2cc(-c4c(C)cc(C)cc4C)ccc2n3-c2ccccc2-c2ccc(-n3c4ccc(-c5c(C)cc(C)cc5C)cc4c4cc(-c5c(C)cc(C)cc5C)ccc43)c(-c3nc(-c4ccccc4)nc(-c4ccccc4)n3)c2)c1. The number of nitrogens with zero attached hydrogens (tertiary/aromatic N) is 5. The van der Waals surface area contributed by atoms with Gasteiger partial charge in [-0.2, -0.15) is 0 Å². The molecule has 0 spiro atoms. The van der Waals surface area contributed by atoms with Crippen LogP contribution in [0.15, 0.2) is 231 Å². The lowest BCUT2D eigenvalue weighted by atomic mass is 9.91. The number of rotatable bonds is 10. The maximum atomic E-state index is 5.53. The molecular weight excluding hydrogens is 1100 g/mol. The molecule has 0 radical (unpaired) electrons. The van der Waals surface area contributed by atoms with Crippen molar-refractivity contribution in [3.8, 4) is 101 Å². The van der Waals surface area contributed by atoms with Gasteiger partial charge in [0.1, 0.15) is 0 Å². The Morgan fingerprint density at radius 1 is 0.220 bits per heavy atom. The molecule has 3 heterocycles. The van der Waals surface area contributed by atoms with Crippen LogP contribution in [-0.2, 0) is 0 Å². The fourth-order valence-corrected chi connectivity index (χ4v) is 15.2. The molecule has 0 saturated heterocycles. The highest BCUT2D eigenvalue weighted by Gasteiger charge is 2.25. The lowest BCUT2D eigenvalue weighted by Crippen LogP contribution is -2.04. The number of hydrogen-bond acceptors (Lipinski definition) is 3. The summed E-state index contributed by atoms with van der Waals surface area (Å²) in [5.74, 6) is 1.78. The van der Waals surface area contributed by atoms with Crippen molar-refractivity contribution in [1.82, 2.24) is 24.1 Å². The molecule has 0 aliphatic rings. The zero-order chi connectivity index (χ0) is 62.5. The van der Waals surface area contributed by atoms with Gasteiger partial charge in [0.05, 0.1) is 33.4 Å². The Kier molecular flexibility index (Phi) is 14.0. The van der Waals surface area contributed by atoms with Crippen LogP contribution in [0.5, 0.6) is 0 Å². The molecule has 0 aliphatic carbocycles. The molecule has 0 unspecified atom stereocenters. The van der Waals surface area contributed by atoms with Crippen molar-refractivity contribution in [3.05, 3.63) is 292 Å². The van der Waals surface area contributed by atoms with E-state index in [-0.39, 0.29) is 0 Å². The van der Waals surface area contributed by atoms with Crippen LogP contribution in [0.3, 0.4) is 0 Å². The second-order valence-corrected chi connectivity index (χ2v) is 25.6. The molecule has 0 fully saturated rings. The van der Waals surface area contributed by atoms with E-state index in [2.05, 4.69) is 279 Å². The van der Waals surface area contributed by atoms with Crippen molar-refractivity contribution in [2.75, 3.05) is 0 Å². The first-order valence-electron chi connectivity index (χ1n) is 31.7. The minimum absolute atomic E-state index is 0.576. The van der Waals surface area contributed by atoms with E-state index in [1.807, 2.05) is 36.4 Å². The summed E-state index contributed by atoms with van der Waals surface area (Å²) >= 11 is 0. The third-order valence-corrected chi connectivity index (χ3v) is 18.6. The number of hydrogen-bond donors (Lipinski definition) is 0. The Morgan fingerprint density at radius 3 is 0.967 bits per heavy atom. The van der Waals surface area contributed by atoms with E-state index in [9.17, 15) is 0 Å². The lowest BCUT2D eigenvalue weighted by Gasteiger charge is -2.19. The fraction of sp³-hybridized carbons (Fsp3) is 0.128. The zero-order valence-electron chi connectivity index (χ0n) is 53.7. The maximum absolute atomic E-state index is 5.53. The number of para-hydroxylation sites is 1. The average Bonchev–Trinajstić information content (AvgIpc) is 1.94. The molecule has 5 nitrogen and oxygen atoms in total. The second-order valence-electron chi connectivity index (χ2n) is 25.6. The maximum Gasteiger partial charge on any atom is 0.166 e. The molecule has 15 rings (SSSR count). The van der Waals surface area contributed by atoms with Crippen LogP contribution in [0.4, 0.5) is 0 Å². The monoisotopic (exact) mass is 1170 g/mol. The number of aryl methyl sites for hydroxylation is 11. The van der Waals surface area contributed by atoms with E-state index in [4.69, 9.17) is 15.0 Å². The molecule has 0 saturated carbocycles. The van der Waals surface area contributed by atoms with Crippen molar-refractivity contribution in [2.45, 2.75) is 76.2 Å². The van der Waals surface area contributed by atoms with Crippen molar-refractivity contribution in [3.63, 3.8) is 0 Å². The van der Waals surface area contributed by atoms with Crippen LogP contribution in [0.1, 0.15) is 61.2 Å². The van der Waals surface area contributed by atoms with Gasteiger partial charge in [0.15, 0.2) is 17.5 Å². The van der Waals surface area contributed by atoms with Gasteiger partial charge in [-0.3, -0.25) is 0 Å². The predicted molar refractivity (Wildman–Crippen MR) is 384 cm³/mol. The molecule has 0 N–H and O–H groups in total. The minimum atomic E-state index is 0.576. The Bertz CT molecular complexity index is 5200. The Hall–Kier alpha value is -10.8. The van der Waals surface area contributed by atoms with E-state index < -0.39 is 0 Å². The van der Waals surface area contributed by atoms with Crippen molar-refractivity contribution < 1.29 is 0 Å². The molecular formula is C86H71N5. The van der Waals surface area contributed by atoms with Gasteiger partial charge >= 0.3 is 0 Å². The quantitative estimate of drug-likeness (QED) is 0.137. The Labute approximate surface area is 533 Å². The van der Waals surface area contributed by atoms with Gasteiger partial charge in [0.25, 0.3) is 0 Å². The van der Waals surface area contributed by atoms with Gasteiger partial charge in [-0.1, -0.05) is 192 Å². The predicted octanol–water partition coefficient (Wildman–Crippen LogP) is 22.8. The molecule has 3 aromatic heterocycles. The standard InChI is InChI=1S/C86H71N5/c1-50-36-51(2)44-68(43-50)63-26-31-76-70(45-63)71-47-65(81-55(6)37-52(3)38-56(81)7)28-33-77(71)90(76)75-25-19-18-24-69(75)64-27-32-80(74(46-64)86-88-84(61-20-14-12-15-21-61)87-85(89-86)62-22-16-13-17-23-62)91-78-34-29-66(82-57(8)39-53(4)40-58(82)9)48-72(78)73-49-67(30-35-79(73)91)83-59(10)41-54(5)42-60(83)11/h12-49H,1-11H3. The van der Waals surface area contributed by atoms with E-state index in [1.54, 1.807) is 0 Å². The minimum Gasteiger partial charge on any atom is -0.309 e. The highest BCUT2D eigenvalue weighted by Crippen LogP contribution is 2.45. The number of benzene rings is 12. The van der Waals surface area contributed by atoms with Gasteiger partial charge in [-0.15, -0.1) is 0 Å². The molecule has 440 valence electrons. The molecule has 0 amide bonds. The summed E-state index contributed by atoms with van der Waals surface area (Å²) in [5, 5.41) is 4.75. The molecule has 0 aliphatic heterocycles. The Balaban J connectivity index is 1.01. The van der Waals surface area contributed by atoms with Gasteiger partial charge in [0.2, 0.25) is 0 Å². The molecule has 0 bridgehead atoms. The largest absolute Gasteiger partial charge is 0.309 e. The third kappa shape index (κ3) is 10.0. The smallest absolute Gasteiger partial charge is 0.166 e. The van der Waals surface area contributed by atoms with Gasteiger partial charge in [-0.25, -0.2) is 15.0 Å². The van der Waals surface area contributed by atoms with E-state index in [1.165, 1.54) is 127 Å². The third-order valence-electron chi connectivity index (χ3n) is 18.6. The number of aromatic nitrogens is 5. The summed E-state index contributed by atoms with van der Waals surface area (Å²) in [6, 6.07) is 85.4. The highest BCUT2D eigenvalue weighted by molar-refractivity contribution is 6.14. The summed E-state index contributed by atoms with van der Waals surface area (Å²) in [6.07, 6.45) is 0. The van der Waals surface area contributed by atoms with Crippen LogP contribution < -0.4 is 0 Å². The first-order valence-corrected chi connectivity index (χ1v) is 31.7. The second kappa shape index (κ2) is 22.4. The summed E-state index contributed by atoms with van der Waals surface area (Å²) in [6.45, 7) is 24.4. The van der Waals surface area contributed by atoms with Gasteiger partial charge in [0, 0.05) is 43.8 Å². The first-order chi connectivity index (χ1) is 44.1. The highest BCUT2D eigenvalue weighted by atomic mass is 15.1. The van der Waals surface area contributed by atoms with Crippen LogP contribution >= 0.6 is 0 Å². The lowest BCUT2D eigenvalue weighted by molar-refractivity contribution is 1.06. The molecule has 5 heteroatoms. The summed E-state index contributed by atoms with van der Waals surface area (Å²) in [4.78, 5) is 16.3. The van der Waals surface area contributed by atoms with Crippen molar-refractivity contribution in [1.29, 1.82) is 0 Å². The van der Waals surface area contributed by atoms with Crippen LogP contribution in [0.2, 0.25) is 0 Å². The molecule has 12 aromatic carbocycles. The summed E-state index contributed by atoms with van der Waals surface area (Å²) < 4.78 is 4.94. The molecule has 91 heavy (non-hydrogen) atoms. The van der Waals surface area contributed by atoms with E-state index in [0.717, 1.165) is 61.3 Å². The van der Waals surface area contributed by atoms with Crippen LogP contribution in [0, 0.1) is 76.2 Å². The van der Waals surface area contributed by atoms with Crippen molar-refractivity contribution in [2.24, 2.45) is 0 Å². The van der Waals surface area contributed by atoms with E-state index in [0.29, 0.717) is 17.5 Å². The first kappa shape index (κ1) is 56.7. The average molecular weight is 1170 g/mol. The summed E-state index contributed by atoms with van der Waals surface area (Å²) in [7, 11) is 0. The van der Waals surface area contributed by atoms with Gasteiger partial charge in [-0.05, 0) is 226 Å². The topological polar surface area (TPSA) is 48.5 Å². The normalized spacial score (nSPS) is 11.7. The van der Waals surface area contributed by atoms with Crippen LogP contribution in [0.25, 0.3) is 145 Å². The Morgan fingerprint density at radius 2 is 0.549 bits per heavy atom. The van der Waals surface area contributed by atoms with Gasteiger partial charge < -0.3 is 9.13 Å². The van der Waals surface area contributed by atoms with Crippen LogP contribution in [-0.4, -0.2) is 24.1 Å². The fourth-order valence-electron chi connectivity index (χ4n) is 15.2. The zero-order valence-corrected chi connectivity index (χ0v) is 53.7.